The predicted molar refractivity (Wildman–Crippen MR) is 109 cm³/mol. The first-order valence-corrected chi connectivity index (χ1v) is 10.8. The number of rotatable bonds is 8. The third kappa shape index (κ3) is 5.13. The molecule has 1 aromatic carbocycles. The van der Waals surface area contributed by atoms with Crippen LogP contribution in [0, 0.1) is 5.92 Å². The normalized spacial score (nSPS) is 19.8. The Morgan fingerprint density at radius 3 is 2.31 bits per heavy atom. The van der Waals surface area contributed by atoms with Crippen molar-refractivity contribution in [2.45, 2.75) is 44.0 Å². The van der Waals surface area contributed by atoms with Crippen LogP contribution < -0.4 is 10.6 Å². The van der Waals surface area contributed by atoms with Gasteiger partial charge in [0.25, 0.3) is 5.91 Å². The number of sulfonamides is 1. The zero-order valence-corrected chi connectivity index (χ0v) is 18.2. The number of hydrogen-bond donors (Lipinski definition) is 2. The topological polar surface area (TPSA) is 116 Å². The van der Waals surface area contributed by atoms with E-state index in [9.17, 15) is 22.8 Å². The van der Waals surface area contributed by atoms with Gasteiger partial charge in [-0.2, -0.15) is 0 Å². The van der Waals surface area contributed by atoms with Gasteiger partial charge < -0.3 is 10.6 Å². The molecule has 0 unspecified atom stereocenters. The summed E-state index contributed by atoms with van der Waals surface area (Å²) in [6.45, 7) is 5.31. The molecule has 10 heteroatoms. The molecule has 1 aliphatic heterocycles. The predicted octanol–water partition coefficient (Wildman–Crippen LogP) is 1.62. The van der Waals surface area contributed by atoms with Crippen molar-refractivity contribution in [2.75, 3.05) is 26.0 Å². The Kier molecular flexibility index (Phi) is 6.69. The second-order valence-corrected chi connectivity index (χ2v) is 10.1. The summed E-state index contributed by atoms with van der Waals surface area (Å²) in [7, 11) is -0.708. The smallest absolute Gasteiger partial charge is 0.325 e. The Bertz CT molecular complexity index is 896. The van der Waals surface area contributed by atoms with Crippen LogP contribution in [0.3, 0.4) is 0 Å². The molecule has 0 aromatic heterocycles. The summed E-state index contributed by atoms with van der Waals surface area (Å²) in [5, 5.41) is 5.25. The summed E-state index contributed by atoms with van der Waals surface area (Å²) in [4.78, 5) is 38.2. The fourth-order valence-electron chi connectivity index (χ4n) is 2.90. The highest BCUT2D eigenvalue weighted by Gasteiger charge is 2.47. The second-order valence-electron chi connectivity index (χ2n) is 7.95. The lowest BCUT2D eigenvalue weighted by Gasteiger charge is -2.22. The maximum Gasteiger partial charge on any atom is 0.325 e. The average molecular weight is 425 g/mol. The van der Waals surface area contributed by atoms with E-state index in [1.807, 2.05) is 13.8 Å². The summed E-state index contributed by atoms with van der Waals surface area (Å²) in [5.41, 5.74) is -0.647. The Balaban J connectivity index is 2.02. The second kappa shape index (κ2) is 8.50. The number of anilines is 1. The van der Waals surface area contributed by atoms with Crippen molar-refractivity contribution >= 4 is 33.6 Å². The number of imide groups is 1. The molecule has 1 fully saturated rings. The van der Waals surface area contributed by atoms with Gasteiger partial charge in [-0.3, -0.25) is 14.5 Å². The molecule has 0 bridgehead atoms. The minimum Gasteiger partial charge on any atom is -0.325 e. The molecule has 1 saturated heterocycles. The van der Waals surface area contributed by atoms with E-state index in [0.29, 0.717) is 18.0 Å². The van der Waals surface area contributed by atoms with Gasteiger partial charge in [0, 0.05) is 19.8 Å². The fraction of sp³-hybridized carbons (Fsp3) is 0.526. The van der Waals surface area contributed by atoms with Gasteiger partial charge in [-0.05, 0) is 49.9 Å². The first-order chi connectivity index (χ1) is 13.4. The summed E-state index contributed by atoms with van der Waals surface area (Å²) < 4.78 is 25.2. The van der Waals surface area contributed by atoms with E-state index in [4.69, 9.17) is 0 Å². The standard InChI is InChI=1S/C19H28N4O5S/c1-13(2)10-11-19(3)17(25)23(18(26)21-19)12-16(24)20-14-6-8-15(9-7-14)29(27,28)22(4)5/h6-9,13H,10-12H2,1-5H3,(H,20,24)(H,21,26)/t19-/m0/s1. The summed E-state index contributed by atoms with van der Waals surface area (Å²) >= 11 is 0. The van der Waals surface area contributed by atoms with Crippen LogP contribution in [-0.4, -0.2) is 61.6 Å². The first-order valence-electron chi connectivity index (χ1n) is 9.33. The molecule has 4 amide bonds. The minimum atomic E-state index is -3.57. The number of carbonyl (C=O) groups is 3. The molecule has 2 N–H and O–H groups in total. The molecular formula is C19H28N4O5S. The van der Waals surface area contributed by atoms with Crippen LogP contribution in [0.25, 0.3) is 0 Å². The Hall–Kier alpha value is -2.46. The number of nitrogens with one attached hydrogen (secondary N) is 2. The highest BCUT2D eigenvalue weighted by atomic mass is 32.2. The number of carbonyl (C=O) groups excluding carboxylic acids is 3. The summed E-state index contributed by atoms with van der Waals surface area (Å²) in [6, 6.07) is 5.06. The van der Waals surface area contributed by atoms with Crippen LogP contribution in [0.1, 0.15) is 33.6 Å². The summed E-state index contributed by atoms with van der Waals surface area (Å²) in [5.74, 6) is -0.594. The van der Waals surface area contributed by atoms with E-state index >= 15 is 0 Å². The molecule has 1 aromatic rings. The maximum atomic E-state index is 12.6. The van der Waals surface area contributed by atoms with Crippen LogP contribution in [-0.2, 0) is 19.6 Å². The maximum absolute atomic E-state index is 12.6. The van der Waals surface area contributed by atoms with Crippen molar-refractivity contribution in [1.29, 1.82) is 0 Å². The third-order valence-corrected chi connectivity index (χ3v) is 6.61. The lowest BCUT2D eigenvalue weighted by atomic mass is 9.92. The van der Waals surface area contributed by atoms with Crippen LogP contribution in [0.5, 0.6) is 0 Å². The quantitative estimate of drug-likeness (QED) is 0.615. The zero-order chi connectivity index (χ0) is 22.0. The Morgan fingerprint density at radius 2 is 1.79 bits per heavy atom. The fourth-order valence-corrected chi connectivity index (χ4v) is 3.80. The van der Waals surface area contributed by atoms with Crippen molar-refractivity contribution in [3.8, 4) is 0 Å². The van der Waals surface area contributed by atoms with Crippen LogP contribution >= 0.6 is 0 Å². The molecule has 1 atom stereocenters. The van der Waals surface area contributed by atoms with Crippen molar-refractivity contribution in [2.24, 2.45) is 5.92 Å². The van der Waals surface area contributed by atoms with Crippen LogP contribution in [0.4, 0.5) is 10.5 Å². The van der Waals surface area contributed by atoms with Crippen molar-refractivity contribution in [1.82, 2.24) is 14.5 Å². The molecule has 2 rings (SSSR count). The monoisotopic (exact) mass is 424 g/mol. The van der Waals surface area contributed by atoms with E-state index in [2.05, 4.69) is 10.6 Å². The molecular weight excluding hydrogens is 396 g/mol. The number of nitrogens with zero attached hydrogens (tertiary/aromatic N) is 2. The van der Waals surface area contributed by atoms with E-state index < -0.39 is 40.0 Å². The van der Waals surface area contributed by atoms with E-state index in [1.165, 1.54) is 38.4 Å². The third-order valence-electron chi connectivity index (χ3n) is 4.79. The number of benzene rings is 1. The minimum absolute atomic E-state index is 0.0931. The van der Waals surface area contributed by atoms with Gasteiger partial charge >= 0.3 is 6.03 Å². The first kappa shape index (κ1) is 22.8. The van der Waals surface area contributed by atoms with Gasteiger partial charge in [-0.1, -0.05) is 13.8 Å². The Morgan fingerprint density at radius 1 is 1.21 bits per heavy atom. The van der Waals surface area contributed by atoms with Crippen molar-refractivity contribution in [3.63, 3.8) is 0 Å². The van der Waals surface area contributed by atoms with Crippen molar-refractivity contribution in [3.05, 3.63) is 24.3 Å². The van der Waals surface area contributed by atoms with Crippen LogP contribution in [0.2, 0.25) is 0 Å². The summed E-state index contributed by atoms with van der Waals surface area (Å²) in [6.07, 6.45) is 1.26. The average Bonchev–Trinajstić information content (AvgIpc) is 2.84. The lowest BCUT2D eigenvalue weighted by Crippen LogP contribution is -2.44. The van der Waals surface area contributed by atoms with E-state index in [1.54, 1.807) is 6.92 Å². The highest BCUT2D eigenvalue weighted by Crippen LogP contribution is 2.25. The number of urea groups is 1. The van der Waals surface area contributed by atoms with E-state index in [-0.39, 0.29) is 4.90 Å². The van der Waals surface area contributed by atoms with Gasteiger partial charge in [0.1, 0.15) is 12.1 Å². The van der Waals surface area contributed by atoms with Gasteiger partial charge in [0.2, 0.25) is 15.9 Å². The Labute approximate surface area is 171 Å². The van der Waals surface area contributed by atoms with Gasteiger partial charge in [-0.15, -0.1) is 0 Å². The number of hydrogen-bond acceptors (Lipinski definition) is 5. The van der Waals surface area contributed by atoms with Gasteiger partial charge in [-0.25, -0.2) is 17.5 Å². The molecule has 29 heavy (non-hydrogen) atoms. The molecule has 1 heterocycles. The molecule has 0 aliphatic carbocycles. The molecule has 160 valence electrons. The van der Waals surface area contributed by atoms with Gasteiger partial charge in [0.05, 0.1) is 4.90 Å². The lowest BCUT2D eigenvalue weighted by molar-refractivity contribution is -0.133. The van der Waals surface area contributed by atoms with E-state index in [0.717, 1.165) is 15.6 Å². The molecule has 0 saturated carbocycles. The zero-order valence-electron chi connectivity index (χ0n) is 17.4. The molecule has 9 nitrogen and oxygen atoms in total. The SMILES string of the molecule is CC(C)CC[C@]1(C)NC(=O)N(CC(=O)Nc2ccc(S(=O)(=O)N(C)C)cc2)C1=O. The largest absolute Gasteiger partial charge is 0.325 e. The van der Waals surface area contributed by atoms with Crippen molar-refractivity contribution < 1.29 is 22.8 Å². The molecule has 0 spiro atoms. The molecule has 0 radical (unpaired) electrons. The van der Waals surface area contributed by atoms with Crippen LogP contribution in [0.15, 0.2) is 29.2 Å². The highest BCUT2D eigenvalue weighted by molar-refractivity contribution is 7.89. The molecule has 1 aliphatic rings. The number of amides is 4. The van der Waals surface area contributed by atoms with Gasteiger partial charge in [0.15, 0.2) is 0 Å².